The van der Waals surface area contributed by atoms with Crippen molar-refractivity contribution in [3.05, 3.63) is 64.7 Å². The first kappa shape index (κ1) is 32.6. The second kappa shape index (κ2) is 16.1. The SMILES string of the molecule is COC(=O)COc1ccc(CC(C)N(C)CC(c2cccc(Cl)c2)N(C)C)cc1.Cl.Cl.O. The summed E-state index contributed by atoms with van der Waals surface area (Å²) < 4.78 is 9.98. The summed E-state index contributed by atoms with van der Waals surface area (Å²) in [5.74, 6) is 0.272. The number of carbonyl (C=O) groups is 1. The molecule has 6 nitrogen and oxygen atoms in total. The van der Waals surface area contributed by atoms with E-state index in [1.807, 2.05) is 42.5 Å². The van der Waals surface area contributed by atoms with E-state index in [1.54, 1.807) is 0 Å². The average Bonchev–Trinajstić information content (AvgIpc) is 2.70. The third-order valence-corrected chi connectivity index (χ3v) is 5.34. The number of ether oxygens (including phenoxy) is 2. The van der Waals surface area contributed by atoms with Gasteiger partial charge in [-0.05, 0) is 69.9 Å². The third kappa shape index (κ3) is 10.4. The van der Waals surface area contributed by atoms with Crippen LogP contribution in [0.25, 0.3) is 0 Å². The lowest BCUT2D eigenvalue weighted by molar-refractivity contribution is -0.142. The van der Waals surface area contributed by atoms with Crippen molar-refractivity contribution in [2.24, 2.45) is 0 Å². The zero-order valence-electron chi connectivity index (χ0n) is 19.2. The van der Waals surface area contributed by atoms with Crippen molar-refractivity contribution in [3.63, 3.8) is 0 Å². The number of nitrogens with zero attached hydrogens (tertiary/aromatic N) is 2. The number of likely N-dealkylation sites (N-methyl/N-ethyl adjacent to an activating group) is 2. The van der Waals surface area contributed by atoms with Crippen molar-refractivity contribution in [2.75, 3.05) is 41.4 Å². The maximum Gasteiger partial charge on any atom is 0.343 e. The van der Waals surface area contributed by atoms with Crippen LogP contribution in [0.4, 0.5) is 0 Å². The largest absolute Gasteiger partial charge is 0.482 e. The van der Waals surface area contributed by atoms with Gasteiger partial charge in [0.05, 0.1) is 7.11 Å². The molecular weight excluding hydrogens is 475 g/mol. The van der Waals surface area contributed by atoms with Crippen molar-refractivity contribution in [3.8, 4) is 5.75 Å². The van der Waals surface area contributed by atoms with E-state index in [0.29, 0.717) is 11.8 Å². The summed E-state index contributed by atoms with van der Waals surface area (Å²) in [4.78, 5) is 15.8. The highest BCUT2D eigenvalue weighted by Crippen LogP contribution is 2.23. The molecule has 0 spiro atoms. The standard InChI is InChI=1S/C23H31ClN2O3.2ClH.H2O/c1-17(13-18-9-11-21(12-10-18)29-16-23(27)28-5)26(4)15-22(25(2)3)19-7-6-8-20(24)14-19;;;/h6-12,14,17,22H,13,15-16H2,1-5H3;2*1H;1H2. The Morgan fingerprint density at radius 2 is 1.69 bits per heavy atom. The minimum Gasteiger partial charge on any atom is -0.482 e. The molecule has 0 fully saturated rings. The van der Waals surface area contributed by atoms with Gasteiger partial charge in [-0.1, -0.05) is 35.9 Å². The van der Waals surface area contributed by atoms with Crippen LogP contribution in [0.5, 0.6) is 5.75 Å². The molecule has 32 heavy (non-hydrogen) atoms. The van der Waals surface area contributed by atoms with Crippen LogP contribution in [0.2, 0.25) is 5.02 Å². The molecule has 0 saturated heterocycles. The Hall–Kier alpha value is -1.54. The van der Waals surface area contributed by atoms with E-state index < -0.39 is 0 Å². The molecule has 2 atom stereocenters. The minimum absolute atomic E-state index is 0. The Morgan fingerprint density at radius 1 is 1.06 bits per heavy atom. The lowest BCUT2D eigenvalue weighted by Gasteiger charge is -2.33. The molecule has 2 aromatic carbocycles. The lowest BCUT2D eigenvalue weighted by Crippen LogP contribution is -2.38. The predicted molar refractivity (Wildman–Crippen MR) is 136 cm³/mol. The van der Waals surface area contributed by atoms with Gasteiger partial charge in [0, 0.05) is 23.7 Å². The molecule has 2 aromatic rings. The molecule has 0 aromatic heterocycles. The summed E-state index contributed by atoms with van der Waals surface area (Å²) in [6.07, 6.45) is 0.920. The van der Waals surface area contributed by atoms with Gasteiger partial charge >= 0.3 is 5.97 Å². The van der Waals surface area contributed by atoms with Crippen LogP contribution in [0.3, 0.4) is 0 Å². The van der Waals surface area contributed by atoms with E-state index in [2.05, 4.69) is 48.7 Å². The molecular formula is C23H35Cl3N2O4. The molecule has 2 unspecified atom stereocenters. The Kier molecular flexibility index (Phi) is 16.5. The van der Waals surface area contributed by atoms with Crippen LogP contribution >= 0.6 is 36.4 Å². The number of carbonyl (C=O) groups excluding carboxylic acids is 1. The van der Waals surface area contributed by atoms with E-state index in [9.17, 15) is 4.79 Å². The molecule has 0 amide bonds. The Bertz CT molecular complexity index is 791. The maximum atomic E-state index is 11.2. The van der Waals surface area contributed by atoms with Gasteiger partial charge in [0.2, 0.25) is 0 Å². The van der Waals surface area contributed by atoms with Crippen molar-refractivity contribution in [1.29, 1.82) is 0 Å². The van der Waals surface area contributed by atoms with Crippen molar-refractivity contribution in [2.45, 2.75) is 25.4 Å². The van der Waals surface area contributed by atoms with Crippen LogP contribution in [-0.2, 0) is 16.0 Å². The fourth-order valence-electron chi connectivity index (χ4n) is 3.15. The molecule has 0 aliphatic carbocycles. The Morgan fingerprint density at radius 3 is 2.22 bits per heavy atom. The summed E-state index contributed by atoms with van der Waals surface area (Å²) in [7, 11) is 7.69. The van der Waals surface area contributed by atoms with Gasteiger partial charge in [-0.25, -0.2) is 4.79 Å². The highest BCUT2D eigenvalue weighted by Gasteiger charge is 2.20. The molecule has 0 heterocycles. The first-order chi connectivity index (χ1) is 13.8. The highest BCUT2D eigenvalue weighted by atomic mass is 35.5. The van der Waals surface area contributed by atoms with Crippen LogP contribution in [0.1, 0.15) is 24.1 Å². The summed E-state index contributed by atoms with van der Waals surface area (Å²) in [6.45, 7) is 3.05. The van der Waals surface area contributed by atoms with Gasteiger partial charge in [-0.15, -0.1) is 24.8 Å². The van der Waals surface area contributed by atoms with Crippen molar-refractivity contribution < 1.29 is 19.7 Å². The second-order valence-corrected chi connectivity index (χ2v) is 7.97. The third-order valence-electron chi connectivity index (χ3n) is 5.11. The number of hydrogen-bond acceptors (Lipinski definition) is 5. The summed E-state index contributed by atoms with van der Waals surface area (Å²) >= 11 is 6.19. The summed E-state index contributed by atoms with van der Waals surface area (Å²) in [5.41, 5.74) is 2.44. The first-order valence-corrected chi connectivity index (χ1v) is 10.1. The normalized spacial score (nSPS) is 12.1. The van der Waals surface area contributed by atoms with Gasteiger partial charge in [0.1, 0.15) is 5.75 Å². The van der Waals surface area contributed by atoms with Crippen LogP contribution in [0.15, 0.2) is 48.5 Å². The average molecular weight is 510 g/mol. The monoisotopic (exact) mass is 508 g/mol. The van der Waals surface area contributed by atoms with Gasteiger partial charge < -0.3 is 24.7 Å². The van der Waals surface area contributed by atoms with Crippen molar-refractivity contribution >= 4 is 42.4 Å². The number of methoxy groups -OCH3 is 1. The molecule has 0 bridgehead atoms. The number of rotatable bonds is 10. The Balaban J connectivity index is 0. The van der Waals surface area contributed by atoms with Crippen molar-refractivity contribution in [1.82, 2.24) is 9.80 Å². The number of benzene rings is 2. The van der Waals surface area contributed by atoms with E-state index in [-0.39, 0.29) is 48.9 Å². The molecule has 0 saturated carbocycles. The van der Waals surface area contributed by atoms with Gasteiger partial charge in [0.15, 0.2) is 6.61 Å². The smallest absolute Gasteiger partial charge is 0.343 e. The summed E-state index contributed by atoms with van der Waals surface area (Å²) in [5, 5.41) is 0.763. The predicted octanol–water partition coefficient (Wildman–Crippen LogP) is 4.08. The zero-order valence-corrected chi connectivity index (χ0v) is 21.6. The number of hydrogen-bond donors (Lipinski definition) is 0. The summed E-state index contributed by atoms with van der Waals surface area (Å²) in [6, 6.07) is 16.5. The van der Waals surface area contributed by atoms with Gasteiger partial charge in [-0.3, -0.25) is 0 Å². The minimum atomic E-state index is -0.389. The zero-order chi connectivity index (χ0) is 21.4. The maximum absolute atomic E-state index is 11.2. The van der Waals surface area contributed by atoms with E-state index >= 15 is 0 Å². The fourth-order valence-corrected chi connectivity index (χ4v) is 3.35. The number of esters is 1. The van der Waals surface area contributed by atoms with E-state index in [0.717, 1.165) is 18.0 Å². The number of halogens is 3. The highest BCUT2D eigenvalue weighted by molar-refractivity contribution is 6.30. The molecule has 2 rings (SSSR count). The second-order valence-electron chi connectivity index (χ2n) is 7.54. The molecule has 2 N–H and O–H groups in total. The molecule has 182 valence electrons. The molecule has 9 heteroatoms. The van der Waals surface area contributed by atoms with Crippen LogP contribution in [0, 0.1) is 0 Å². The Labute approximate surface area is 209 Å². The van der Waals surface area contributed by atoms with E-state index in [4.69, 9.17) is 16.3 Å². The van der Waals surface area contributed by atoms with Gasteiger partial charge in [-0.2, -0.15) is 0 Å². The molecule has 0 aliphatic heterocycles. The van der Waals surface area contributed by atoms with E-state index in [1.165, 1.54) is 18.2 Å². The van der Waals surface area contributed by atoms with Crippen LogP contribution < -0.4 is 4.74 Å². The quantitative estimate of drug-likeness (QED) is 0.451. The van der Waals surface area contributed by atoms with Crippen LogP contribution in [-0.4, -0.2) is 68.7 Å². The topological polar surface area (TPSA) is 73.5 Å². The molecule has 0 aliphatic rings. The fraction of sp³-hybridized carbons (Fsp3) is 0.435. The lowest BCUT2D eigenvalue weighted by atomic mass is 10.0. The molecule has 0 radical (unpaired) electrons. The van der Waals surface area contributed by atoms with Gasteiger partial charge in [0.25, 0.3) is 0 Å². The first-order valence-electron chi connectivity index (χ1n) is 9.70.